The molecule has 0 spiro atoms. The molecule has 3 rings (SSSR count). The fraction of sp³-hybridized carbons (Fsp3) is 0.208. The van der Waals surface area contributed by atoms with Crippen LogP contribution in [0.5, 0.6) is 0 Å². The third-order valence-electron chi connectivity index (χ3n) is 5.51. The van der Waals surface area contributed by atoms with Crippen LogP contribution in [0.25, 0.3) is 0 Å². The number of ether oxygens (including phenoxy) is 2. The summed E-state index contributed by atoms with van der Waals surface area (Å²) >= 11 is 0. The summed E-state index contributed by atoms with van der Waals surface area (Å²) in [4.78, 5) is 26.5. The Hall–Kier alpha value is -4.33. The van der Waals surface area contributed by atoms with Crippen LogP contribution in [0.1, 0.15) is 22.6 Å². The van der Waals surface area contributed by atoms with Gasteiger partial charge < -0.3 is 15.2 Å². The molecule has 0 saturated heterocycles. The summed E-state index contributed by atoms with van der Waals surface area (Å²) in [5.41, 5.74) is 2.10. The van der Waals surface area contributed by atoms with Crippen molar-refractivity contribution in [2.75, 3.05) is 19.1 Å². The van der Waals surface area contributed by atoms with Crippen molar-refractivity contribution in [3.05, 3.63) is 87.6 Å². The minimum atomic E-state index is -5.09. The Morgan fingerprint density at radius 3 is 2.17 bits per heavy atom. The van der Waals surface area contributed by atoms with Crippen LogP contribution in [0.3, 0.4) is 0 Å². The highest BCUT2D eigenvalue weighted by molar-refractivity contribution is 6.06. The zero-order valence-corrected chi connectivity index (χ0v) is 18.7. The lowest BCUT2D eigenvalue weighted by atomic mass is 9.80. The van der Waals surface area contributed by atoms with Gasteiger partial charge in [0.1, 0.15) is 17.3 Å². The first-order valence-corrected chi connectivity index (χ1v) is 10.0. The number of methoxy groups -OCH3 is 2. The minimum absolute atomic E-state index is 0.320. The normalized spacial score (nSPS) is 16.2. The molecule has 2 aromatic rings. The van der Waals surface area contributed by atoms with E-state index in [1.165, 1.54) is 0 Å². The number of hydrogen-bond acceptors (Lipinski definition) is 7. The van der Waals surface area contributed by atoms with Crippen molar-refractivity contribution in [3.8, 4) is 6.07 Å². The maximum Gasteiger partial charge on any atom is 0.418 e. The van der Waals surface area contributed by atoms with E-state index in [2.05, 4.69) is 0 Å². The summed E-state index contributed by atoms with van der Waals surface area (Å²) in [6.07, 6.45) is -5.09. The molecule has 0 amide bonds. The van der Waals surface area contributed by atoms with E-state index in [9.17, 15) is 32.4 Å². The molecule has 1 aliphatic rings. The molecule has 0 aromatic heterocycles. The Kier molecular flexibility index (Phi) is 6.87. The highest BCUT2D eigenvalue weighted by atomic mass is 19.4. The molecule has 0 aliphatic carbocycles. The Balaban J connectivity index is 2.53. The third-order valence-corrected chi connectivity index (χ3v) is 5.51. The Labute approximate surface area is 197 Å². The van der Waals surface area contributed by atoms with Crippen LogP contribution in [0, 0.1) is 24.1 Å². The van der Waals surface area contributed by atoms with E-state index < -0.39 is 63.8 Å². The van der Waals surface area contributed by atoms with Crippen LogP contribution in [0.4, 0.5) is 23.2 Å². The molecule has 0 fully saturated rings. The van der Waals surface area contributed by atoms with Crippen molar-refractivity contribution in [1.29, 1.82) is 5.26 Å². The fourth-order valence-corrected chi connectivity index (χ4v) is 3.98. The molecule has 11 heteroatoms. The first-order valence-electron chi connectivity index (χ1n) is 10.0. The molecule has 7 nitrogen and oxygen atoms in total. The molecule has 1 aliphatic heterocycles. The van der Waals surface area contributed by atoms with Crippen LogP contribution >= 0.6 is 0 Å². The predicted octanol–water partition coefficient (Wildman–Crippen LogP) is 4.05. The Bertz CT molecular complexity index is 1290. The van der Waals surface area contributed by atoms with Crippen LogP contribution in [0.2, 0.25) is 0 Å². The second kappa shape index (κ2) is 9.50. The third kappa shape index (κ3) is 4.30. The van der Waals surface area contributed by atoms with E-state index in [1.807, 2.05) is 6.07 Å². The van der Waals surface area contributed by atoms with Gasteiger partial charge in [0.2, 0.25) is 0 Å². The molecule has 0 bridgehead atoms. The van der Waals surface area contributed by atoms with Crippen molar-refractivity contribution < 1.29 is 36.6 Å². The van der Waals surface area contributed by atoms with Gasteiger partial charge in [-0.2, -0.15) is 18.4 Å². The summed E-state index contributed by atoms with van der Waals surface area (Å²) in [6, 6.07) is 11.3. The highest BCUT2D eigenvalue weighted by Gasteiger charge is 2.46. The molecule has 182 valence electrons. The van der Waals surface area contributed by atoms with E-state index in [-0.39, 0.29) is 5.57 Å². The van der Waals surface area contributed by atoms with Gasteiger partial charge in [0.05, 0.1) is 48.6 Å². The molecule has 2 N–H and O–H groups in total. The first-order chi connectivity index (χ1) is 16.5. The number of nitrogens with zero attached hydrogens (tertiary/aromatic N) is 2. The van der Waals surface area contributed by atoms with E-state index in [0.29, 0.717) is 10.5 Å². The number of rotatable bonds is 4. The maximum atomic E-state index is 14.2. The summed E-state index contributed by atoms with van der Waals surface area (Å²) in [5, 5.41) is 9.95. The fourth-order valence-electron chi connectivity index (χ4n) is 3.98. The topological polar surface area (TPSA) is 106 Å². The van der Waals surface area contributed by atoms with Gasteiger partial charge in [0.25, 0.3) is 0 Å². The molecular formula is C24H19F4N3O4. The molecule has 0 radical (unpaired) electrons. The van der Waals surface area contributed by atoms with Crippen molar-refractivity contribution in [2.45, 2.75) is 19.0 Å². The first kappa shape index (κ1) is 25.3. The summed E-state index contributed by atoms with van der Waals surface area (Å²) in [6.45, 7) is 0.909. The zero-order valence-electron chi connectivity index (χ0n) is 18.7. The number of carbonyl (C=O) groups excluding carboxylic acids is 2. The second-order valence-corrected chi connectivity index (χ2v) is 7.40. The number of benzene rings is 2. The molecular weight excluding hydrogens is 470 g/mol. The number of halogens is 4. The van der Waals surface area contributed by atoms with Gasteiger partial charge in [-0.25, -0.2) is 14.0 Å². The molecule has 0 saturated carbocycles. The average molecular weight is 489 g/mol. The highest BCUT2D eigenvalue weighted by Crippen LogP contribution is 2.47. The van der Waals surface area contributed by atoms with Gasteiger partial charge in [0.15, 0.2) is 0 Å². The lowest BCUT2D eigenvalue weighted by Gasteiger charge is -2.37. The monoisotopic (exact) mass is 489 g/mol. The second-order valence-electron chi connectivity index (χ2n) is 7.40. The maximum absolute atomic E-state index is 14.2. The number of esters is 2. The van der Waals surface area contributed by atoms with Crippen molar-refractivity contribution in [2.24, 2.45) is 5.73 Å². The summed E-state index contributed by atoms with van der Waals surface area (Å²) < 4.78 is 66.0. The predicted molar refractivity (Wildman–Crippen MR) is 116 cm³/mol. The molecule has 1 unspecified atom stereocenters. The number of anilines is 1. The van der Waals surface area contributed by atoms with Crippen LogP contribution in [-0.4, -0.2) is 26.2 Å². The zero-order chi connectivity index (χ0) is 26.1. The number of nitriles is 1. The number of alkyl halides is 3. The lowest BCUT2D eigenvalue weighted by Crippen LogP contribution is -2.41. The molecule has 1 atom stereocenters. The molecule has 35 heavy (non-hydrogen) atoms. The van der Waals surface area contributed by atoms with Gasteiger partial charge >= 0.3 is 18.1 Å². The largest absolute Gasteiger partial charge is 0.466 e. The van der Waals surface area contributed by atoms with Crippen LogP contribution < -0.4 is 10.6 Å². The number of allylic oxidation sites excluding steroid dienone is 1. The Morgan fingerprint density at radius 1 is 1.06 bits per heavy atom. The van der Waals surface area contributed by atoms with Gasteiger partial charge in [-0.05, 0) is 30.2 Å². The van der Waals surface area contributed by atoms with Gasteiger partial charge in [0, 0.05) is 0 Å². The SMILES string of the molecule is COC(=O)C1=C(C(=O)OC)N(c2ccc(F)c(C)c2C(F)(F)F)C(N)=C(C#N)C1c1ccccc1. The van der Waals surface area contributed by atoms with Crippen LogP contribution in [0.15, 0.2) is 65.1 Å². The van der Waals surface area contributed by atoms with Gasteiger partial charge in [-0.15, -0.1) is 0 Å². The molecule has 1 heterocycles. The standard InChI is InChI=1S/C24H19F4N3O4/c1-12-15(25)9-10-16(19(12)24(26,27)28)31-20(23(33)35-3)18(22(32)34-2)17(14(11-29)21(31)30)13-7-5-4-6-8-13/h4-10,17H,30H2,1-3H3. The average Bonchev–Trinajstić information content (AvgIpc) is 2.83. The number of carbonyl (C=O) groups is 2. The van der Waals surface area contributed by atoms with E-state index in [1.54, 1.807) is 30.3 Å². The van der Waals surface area contributed by atoms with E-state index in [0.717, 1.165) is 33.3 Å². The van der Waals surface area contributed by atoms with E-state index in [4.69, 9.17) is 15.2 Å². The number of hydrogen-bond donors (Lipinski definition) is 1. The van der Waals surface area contributed by atoms with Gasteiger partial charge in [-0.1, -0.05) is 30.3 Å². The van der Waals surface area contributed by atoms with Crippen molar-refractivity contribution in [3.63, 3.8) is 0 Å². The lowest BCUT2D eigenvalue weighted by molar-refractivity contribution is -0.140. The van der Waals surface area contributed by atoms with Crippen molar-refractivity contribution >= 4 is 17.6 Å². The Morgan fingerprint density at radius 2 is 1.66 bits per heavy atom. The van der Waals surface area contributed by atoms with Gasteiger partial charge in [-0.3, -0.25) is 4.90 Å². The summed E-state index contributed by atoms with van der Waals surface area (Å²) in [7, 11) is 1.97. The summed E-state index contributed by atoms with van der Waals surface area (Å²) in [5.74, 6) is -5.29. The molecule has 2 aromatic carbocycles. The van der Waals surface area contributed by atoms with Crippen LogP contribution in [-0.2, 0) is 25.2 Å². The van der Waals surface area contributed by atoms with Crippen molar-refractivity contribution in [1.82, 2.24) is 0 Å². The number of nitrogens with two attached hydrogens (primary N) is 1. The smallest absolute Gasteiger partial charge is 0.418 e. The minimum Gasteiger partial charge on any atom is -0.466 e. The quantitative estimate of drug-likeness (QED) is 0.510. The van der Waals surface area contributed by atoms with E-state index >= 15 is 0 Å².